The number of esters is 1. The molecule has 0 aliphatic heterocycles. The van der Waals surface area contributed by atoms with Gasteiger partial charge in [0.2, 0.25) is 0 Å². The van der Waals surface area contributed by atoms with Gasteiger partial charge in [0.1, 0.15) is 0 Å². The molecule has 0 aliphatic carbocycles. The van der Waals surface area contributed by atoms with Crippen molar-refractivity contribution < 1.29 is 9.53 Å². The molecule has 1 atom stereocenters. The molecule has 1 aromatic heterocycles. The Morgan fingerprint density at radius 2 is 2.22 bits per heavy atom. The number of aromatic nitrogens is 1. The van der Waals surface area contributed by atoms with Crippen LogP contribution in [0.25, 0.3) is 10.9 Å². The predicted octanol–water partition coefficient (Wildman–Crippen LogP) is 2.45. The summed E-state index contributed by atoms with van der Waals surface area (Å²) in [4.78, 5) is 15.6. The summed E-state index contributed by atoms with van der Waals surface area (Å²) in [6, 6.07) is 8.75. The van der Waals surface area contributed by atoms with Gasteiger partial charge >= 0.3 is 5.97 Å². The van der Waals surface area contributed by atoms with E-state index in [4.69, 9.17) is 17.3 Å². The Kier molecular flexibility index (Phi) is 3.79. The maximum absolute atomic E-state index is 11.2. The van der Waals surface area contributed by atoms with Crippen molar-refractivity contribution in [3.8, 4) is 0 Å². The van der Waals surface area contributed by atoms with E-state index in [0.717, 1.165) is 5.39 Å². The molecule has 94 valence electrons. The third kappa shape index (κ3) is 2.60. The van der Waals surface area contributed by atoms with Crippen LogP contribution in [0.3, 0.4) is 0 Å². The molecule has 0 aliphatic rings. The van der Waals surface area contributed by atoms with Gasteiger partial charge in [-0.2, -0.15) is 0 Å². The minimum absolute atomic E-state index is 0.0967. The largest absolute Gasteiger partial charge is 0.469 e. The first kappa shape index (κ1) is 12.8. The Morgan fingerprint density at radius 1 is 1.44 bits per heavy atom. The maximum atomic E-state index is 11.2. The normalized spacial score (nSPS) is 12.4. The van der Waals surface area contributed by atoms with Gasteiger partial charge in [-0.1, -0.05) is 29.8 Å². The second-order valence-electron chi connectivity index (χ2n) is 3.93. The standard InChI is InChI=1S/C13H13ClN2O2/c1-18-12(17)7-10(15)11-6-5-8-3-2-4-9(14)13(8)16-11/h2-6,10H,7,15H2,1H3. The van der Waals surface area contributed by atoms with Crippen molar-refractivity contribution in [3.63, 3.8) is 0 Å². The Balaban J connectivity index is 2.34. The summed E-state index contributed by atoms with van der Waals surface area (Å²) >= 11 is 6.07. The highest BCUT2D eigenvalue weighted by Crippen LogP contribution is 2.23. The number of pyridine rings is 1. The summed E-state index contributed by atoms with van der Waals surface area (Å²) in [6.45, 7) is 0. The number of carbonyl (C=O) groups excluding carboxylic acids is 1. The number of hydrogen-bond donors (Lipinski definition) is 1. The van der Waals surface area contributed by atoms with E-state index in [-0.39, 0.29) is 12.4 Å². The molecule has 2 rings (SSSR count). The first-order valence-corrected chi connectivity index (χ1v) is 5.87. The molecular formula is C13H13ClN2O2. The van der Waals surface area contributed by atoms with Crippen molar-refractivity contribution in [2.24, 2.45) is 5.73 Å². The molecular weight excluding hydrogens is 252 g/mol. The van der Waals surface area contributed by atoms with Crippen LogP contribution in [0.4, 0.5) is 0 Å². The van der Waals surface area contributed by atoms with E-state index in [2.05, 4.69) is 9.72 Å². The summed E-state index contributed by atoms with van der Waals surface area (Å²) in [5, 5.41) is 1.51. The Labute approximate surface area is 110 Å². The van der Waals surface area contributed by atoms with E-state index < -0.39 is 6.04 Å². The molecule has 2 aromatic rings. The molecule has 0 amide bonds. The van der Waals surface area contributed by atoms with Crippen molar-refractivity contribution in [1.82, 2.24) is 4.98 Å². The van der Waals surface area contributed by atoms with Crippen molar-refractivity contribution >= 4 is 28.5 Å². The number of benzene rings is 1. The lowest BCUT2D eigenvalue weighted by atomic mass is 10.1. The minimum atomic E-state index is -0.488. The number of carbonyl (C=O) groups is 1. The van der Waals surface area contributed by atoms with Crippen molar-refractivity contribution in [1.29, 1.82) is 0 Å². The highest BCUT2D eigenvalue weighted by molar-refractivity contribution is 6.35. The van der Waals surface area contributed by atoms with Gasteiger partial charge in [-0.25, -0.2) is 4.98 Å². The van der Waals surface area contributed by atoms with Crippen LogP contribution in [-0.2, 0) is 9.53 Å². The van der Waals surface area contributed by atoms with E-state index >= 15 is 0 Å². The van der Waals surface area contributed by atoms with Crippen LogP contribution >= 0.6 is 11.6 Å². The number of fused-ring (bicyclic) bond motifs is 1. The SMILES string of the molecule is COC(=O)CC(N)c1ccc2cccc(Cl)c2n1. The lowest BCUT2D eigenvalue weighted by molar-refractivity contribution is -0.141. The molecule has 1 heterocycles. The van der Waals surface area contributed by atoms with E-state index in [1.165, 1.54) is 7.11 Å². The zero-order valence-electron chi connectivity index (χ0n) is 9.89. The topological polar surface area (TPSA) is 65.2 Å². The third-order valence-corrected chi connectivity index (χ3v) is 2.99. The quantitative estimate of drug-likeness (QED) is 0.865. The molecule has 2 N–H and O–H groups in total. The van der Waals surface area contributed by atoms with Crippen molar-refractivity contribution in [2.45, 2.75) is 12.5 Å². The summed E-state index contributed by atoms with van der Waals surface area (Å²) in [7, 11) is 1.33. The van der Waals surface area contributed by atoms with Crippen LogP contribution in [0.15, 0.2) is 30.3 Å². The smallest absolute Gasteiger partial charge is 0.307 e. The lowest BCUT2D eigenvalue weighted by Crippen LogP contribution is -2.17. The van der Waals surface area contributed by atoms with Gasteiger partial charge in [-0.05, 0) is 12.1 Å². The fourth-order valence-corrected chi connectivity index (χ4v) is 1.92. The van der Waals surface area contributed by atoms with Crippen LogP contribution < -0.4 is 5.73 Å². The van der Waals surface area contributed by atoms with Gasteiger partial charge in [0.15, 0.2) is 0 Å². The minimum Gasteiger partial charge on any atom is -0.469 e. The zero-order valence-corrected chi connectivity index (χ0v) is 10.6. The van der Waals surface area contributed by atoms with Gasteiger partial charge in [0.25, 0.3) is 0 Å². The van der Waals surface area contributed by atoms with E-state index in [1.54, 1.807) is 12.1 Å². The highest BCUT2D eigenvalue weighted by atomic mass is 35.5. The number of nitrogens with two attached hydrogens (primary N) is 1. The van der Waals surface area contributed by atoms with Gasteiger partial charge < -0.3 is 10.5 Å². The van der Waals surface area contributed by atoms with Crippen LogP contribution in [-0.4, -0.2) is 18.1 Å². The Morgan fingerprint density at radius 3 is 2.94 bits per heavy atom. The van der Waals surface area contributed by atoms with Gasteiger partial charge in [-0.3, -0.25) is 4.79 Å². The number of rotatable bonds is 3. The monoisotopic (exact) mass is 264 g/mol. The number of halogens is 1. The lowest BCUT2D eigenvalue weighted by Gasteiger charge is -2.10. The Hall–Kier alpha value is -1.65. The first-order chi connectivity index (χ1) is 8.61. The van der Waals surface area contributed by atoms with Crippen LogP contribution in [0, 0.1) is 0 Å². The number of para-hydroxylation sites is 1. The van der Waals surface area contributed by atoms with Gasteiger partial charge in [-0.15, -0.1) is 0 Å². The molecule has 1 unspecified atom stereocenters. The third-order valence-electron chi connectivity index (χ3n) is 2.69. The van der Waals surface area contributed by atoms with E-state index in [9.17, 15) is 4.79 Å². The second kappa shape index (κ2) is 5.33. The van der Waals surface area contributed by atoms with Crippen molar-refractivity contribution in [3.05, 3.63) is 41.0 Å². The molecule has 1 aromatic carbocycles. The number of methoxy groups -OCH3 is 1. The van der Waals surface area contributed by atoms with Gasteiger partial charge in [0, 0.05) is 5.39 Å². The molecule has 0 fully saturated rings. The summed E-state index contributed by atoms with van der Waals surface area (Å²) in [5.41, 5.74) is 7.22. The maximum Gasteiger partial charge on any atom is 0.307 e. The fraction of sp³-hybridized carbons (Fsp3) is 0.231. The summed E-state index contributed by atoms with van der Waals surface area (Å²) < 4.78 is 4.58. The zero-order chi connectivity index (χ0) is 13.1. The molecule has 0 bridgehead atoms. The Bertz CT molecular complexity index is 586. The fourth-order valence-electron chi connectivity index (χ4n) is 1.70. The number of nitrogens with zero attached hydrogens (tertiary/aromatic N) is 1. The van der Waals surface area contributed by atoms with Crippen LogP contribution in [0.1, 0.15) is 18.2 Å². The second-order valence-corrected chi connectivity index (χ2v) is 4.34. The molecule has 0 saturated heterocycles. The molecule has 4 nitrogen and oxygen atoms in total. The molecule has 18 heavy (non-hydrogen) atoms. The predicted molar refractivity (Wildman–Crippen MR) is 70.3 cm³/mol. The van der Waals surface area contributed by atoms with Crippen LogP contribution in [0.2, 0.25) is 5.02 Å². The van der Waals surface area contributed by atoms with Crippen molar-refractivity contribution in [2.75, 3.05) is 7.11 Å². The first-order valence-electron chi connectivity index (χ1n) is 5.49. The molecule has 0 radical (unpaired) electrons. The molecule has 5 heteroatoms. The number of hydrogen-bond acceptors (Lipinski definition) is 4. The molecule has 0 spiro atoms. The van der Waals surface area contributed by atoms with Crippen LogP contribution in [0.5, 0.6) is 0 Å². The van der Waals surface area contributed by atoms with E-state index in [0.29, 0.717) is 16.2 Å². The summed E-state index contributed by atoms with van der Waals surface area (Å²) in [5.74, 6) is -0.358. The molecule has 0 saturated carbocycles. The average molecular weight is 265 g/mol. The van der Waals surface area contributed by atoms with Gasteiger partial charge in [0.05, 0.1) is 35.8 Å². The van der Waals surface area contributed by atoms with E-state index in [1.807, 2.05) is 18.2 Å². The highest BCUT2D eigenvalue weighted by Gasteiger charge is 2.14. The number of ether oxygens (including phenoxy) is 1. The summed E-state index contributed by atoms with van der Waals surface area (Å²) in [6.07, 6.45) is 0.0967. The average Bonchev–Trinajstić information content (AvgIpc) is 2.38.